The van der Waals surface area contributed by atoms with Crippen LogP contribution in [0.5, 0.6) is 5.75 Å². The van der Waals surface area contributed by atoms with Crippen LogP contribution >= 0.6 is 0 Å². The Morgan fingerprint density at radius 3 is 2.75 bits per heavy atom. The Bertz CT molecular complexity index is 649. The number of amides is 1. The molecule has 0 aliphatic rings. The van der Waals surface area contributed by atoms with Crippen molar-refractivity contribution in [1.82, 2.24) is 14.7 Å². The first-order valence-electron chi connectivity index (χ1n) is 6.22. The van der Waals surface area contributed by atoms with E-state index >= 15 is 0 Å². The highest BCUT2D eigenvalue weighted by Crippen LogP contribution is 2.18. The molecule has 0 saturated carbocycles. The van der Waals surface area contributed by atoms with Gasteiger partial charge < -0.3 is 15.7 Å². The van der Waals surface area contributed by atoms with Gasteiger partial charge in [0.1, 0.15) is 11.4 Å². The zero-order valence-electron chi connectivity index (χ0n) is 11.8. The quantitative estimate of drug-likeness (QED) is 0.883. The molecule has 2 aromatic rings. The molecule has 6 heteroatoms. The third-order valence-electron chi connectivity index (χ3n) is 3.15. The van der Waals surface area contributed by atoms with Crippen molar-refractivity contribution in [1.29, 1.82) is 0 Å². The van der Waals surface area contributed by atoms with Gasteiger partial charge in [0.05, 0.1) is 11.4 Å². The summed E-state index contributed by atoms with van der Waals surface area (Å²) in [7, 11) is 3.38. The minimum absolute atomic E-state index is 0.180. The Hall–Kier alpha value is -2.50. The molecule has 0 saturated heterocycles. The first-order valence-corrected chi connectivity index (χ1v) is 6.22. The maximum Gasteiger partial charge on any atom is 0.274 e. The lowest BCUT2D eigenvalue weighted by Crippen LogP contribution is -2.28. The minimum atomic E-state index is -0.200. The number of carbonyl (C=O) groups is 1. The van der Waals surface area contributed by atoms with Gasteiger partial charge in [-0.1, -0.05) is 12.1 Å². The average molecular weight is 274 g/mol. The summed E-state index contributed by atoms with van der Waals surface area (Å²) in [4.78, 5) is 14.0. The third kappa shape index (κ3) is 2.59. The molecule has 106 valence electrons. The van der Waals surface area contributed by atoms with E-state index in [2.05, 4.69) is 5.10 Å². The van der Waals surface area contributed by atoms with Crippen molar-refractivity contribution >= 4 is 11.6 Å². The van der Waals surface area contributed by atoms with Gasteiger partial charge in [0, 0.05) is 20.6 Å². The van der Waals surface area contributed by atoms with Crippen LogP contribution < -0.4 is 5.73 Å². The van der Waals surface area contributed by atoms with Crippen LogP contribution in [-0.2, 0) is 13.6 Å². The predicted molar refractivity (Wildman–Crippen MR) is 76.3 cm³/mol. The largest absolute Gasteiger partial charge is 0.508 e. The lowest BCUT2D eigenvalue weighted by atomic mass is 10.2. The zero-order chi connectivity index (χ0) is 14.9. The van der Waals surface area contributed by atoms with Gasteiger partial charge in [-0.05, 0) is 24.6 Å². The number of hydrogen-bond donors (Lipinski definition) is 2. The van der Waals surface area contributed by atoms with E-state index in [0.717, 1.165) is 5.56 Å². The van der Waals surface area contributed by atoms with Gasteiger partial charge in [-0.2, -0.15) is 5.10 Å². The summed E-state index contributed by atoms with van der Waals surface area (Å²) in [6, 6.07) is 6.81. The van der Waals surface area contributed by atoms with Crippen LogP contribution in [-0.4, -0.2) is 32.7 Å². The summed E-state index contributed by atoms with van der Waals surface area (Å²) < 4.78 is 1.49. The lowest BCUT2D eigenvalue weighted by molar-refractivity contribution is 0.0775. The molecule has 6 nitrogen and oxygen atoms in total. The number of phenolic OH excluding ortho intramolecular Hbond substituents is 1. The van der Waals surface area contributed by atoms with E-state index in [4.69, 9.17) is 5.73 Å². The molecule has 0 aliphatic carbocycles. The highest BCUT2D eigenvalue weighted by atomic mass is 16.3. The SMILES string of the molecule is Cc1nn(C)c(C(=O)N(C)Cc2cccc(O)c2)c1N. The number of nitrogens with two attached hydrogens (primary N) is 1. The van der Waals surface area contributed by atoms with E-state index in [-0.39, 0.29) is 11.7 Å². The van der Waals surface area contributed by atoms with Crippen molar-refractivity contribution < 1.29 is 9.90 Å². The van der Waals surface area contributed by atoms with Crippen LogP contribution in [0, 0.1) is 6.92 Å². The molecule has 1 heterocycles. The zero-order valence-corrected chi connectivity index (χ0v) is 11.8. The van der Waals surface area contributed by atoms with E-state index in [1.165, 1.54) is 4.68 Å². The van der Waals surface area contributed by atoms with Gasteiger partial charge in [0.25, 0.3) is 5.91 Å². The maximum absolute atomic E-state index is 12.4. The molecular formula is C14H18N4O2. The summed E-state index contributed by atoms with van der Waals surface area (Å²) in [5, 5.41) is 13.6. The monoisotopic (exact) mass is 274 g/mol. The number of phenols is 1. The number of anilines is 1. The van der Waals surface area contributed by atoms with Gasteiger partial charge in [-0.25, -0.2) is 0 Å². The molecule has 0 bridgehead atoms. The number of aryl methyl sites for hydroxylation is 2. The second-order valence-corrected chi connectivity index (χ2v) is 4.80. The summed E-state index contributed by atoms with van der Waals surface area (Å²) in [5.74, 6) is -0.0202. The molecule has 0 spiro atoms. The summed E-state index contributed by atoms with van der Waals surface area (Å²) in [6.45, 7) is 2.15. The van der Waals surface area contributed by atoms with E-state index in [0.29, 0.717) is 23.6 Å². The molecule has 0 unspecified atom stereocenters. The topological polar surface area (TPSA) is 84.4 Å². The number of nitrogen functional groups attached to an aromatic ring is 1. The van der Waals surface area contributed by atoms with Gasteiger partial charge in [-0.3, -0.25) is 9.48 Å². The molecule has 3 N–H and O–H groups in total. The lowest BCUT2D eigenvalue weighted by Gasteiger charge is -2.17. The van der Waals surface area contributed by atoms with Crippen molar-refractivity contribution in [3.63, 3.8) is 0 Å². The van der Waals surface area contributed by atoms with Crippen LogP contribution in [0.4, 0.5) is 5.69 Å². The Balaban J connectivity index is 2.21. The standard InChI is InChI=1S/C14H18N4O2/c1-9-12(15)13(18(3)16-9)14(20)17(2)8-10-5-4-6-11(19)7-10/h4-7,19H,8,15H2,1-3H3. The molecule has 20 heavy (non-hydrogen) atoms. The van der Waals surface area contributed by atoms with Gasteiger partial charge >= 0.3 is 0 Å². The maximum atomic E-state index is 12.4. The number of rotatable bonds is 3. The fourth-order valence-corrected chi connectivity index (χ4v) is 2.11. The normalized spacial score (nSPS) is 10.6. The Morgan fingerprint density at radius 2 is 2.20 bits per heavy atom. The van der Waals surface area contributed by atoms with Gasteiger partial charge in [0.2, 0.25) is 0 Å². The Morgan fingerprint density at radius 1 is 1.50 bits per heavy atom. The van der Waals surface area contributed by atoms with Crippen LogP contribution in [0.15, 0.2) is 24.3 Å². The first-order chi connectivity index (χ1) is 9.40. The minimum Gasteiger partial charge on any atom is -0.508 e. The Kier molecular flexibility index (Phi) is 3.65. The van der Waals surface area contributed by atoms with Crippen molar-refractivity contribution in [2.24, 2.45) is 7.05 Å². The van der Waals surface area contributed by atoms with Crippen molar-refractivity contribution in [2.75, 3.05) is 12.8 Å². The highest BCUT2D eigenvalue weighted by molar-refractivity contribution is 5.97. The van der Waals surface area contributed by atoms with Crippen molar-refractivity contribution in [3.8, 4) is 5.75 Å². The molecular weight excluding hydrogens is 256 g/mol. The predicted octanol–water partition coefficient (Wildman–Crippen LogP) is 1.29. The van der Waals surface area contributed by atoms with Crippen LogP contribution in [0.3, 0.4) is 0 Å². The third-order valence-corrected chi connectivity index (χ3v) is 3.15. The molecule has 0 atom stereocenters. The summed E-state index contributed by atoms with van der Waals surface area (Å²) in [5.41, 5.74) is 8.16. The average Bonchev–Trinajstić information content (AvgIpc) is 2.62. The fraction of sp³-hybridized carbons (Fsp3) is 0.286. The highest BCUT2D eigenvalue weighted by Gasteiger charge is 2.21. The number of aromatic hydroxyl groups is 1. The van der Waals surface area contributed by atoms with Gasteiger partial charge in [0.15, 0.2) is 0 Å². The van der Waals surface area contributed by atoms with Gasteiger partial charge in [-0.15, -0.1) is 0 Å². The van der Waals surface area contributed by atoms with E-state index in [9.17, 15) is 9.90 Å². The number of hydrogen-bond acceptors (Lipinski definition) is 4. The molecule has 0 aliphatic heterocycles. The number of benzene rings is 1. The smallest absolute Gasteiger partial charge is 0.274 e. The van der Waals surface area contributed by atoms with Crippen LogP contribution in [0.1, 0.15) is 21.7 Å². The van der Waals surface area contributed by atoms with Crippen molar-refractivity contribution in [2.45, 2.75) is 13.5 Å². The van der Waals surface area contributed by atoms with Crippen LogP contribution in [0.2, 0.25) is 0 Å². The van der Waals surface area contributed by atoms with Crippen LogP contribution in [0.25, 0.3) is 0 Å². The molecule has 1 amide bonds. The van der Waals surface area contributed by atoms with Crippen molar-refractivity contribution in [3.05, 3.63) is 41.2 Å². The van der Waals surface area contributed by atoms with E-state index < -0.39 is 0 Å². The molecule has 0 radical (unpaired) electrons. The Labute approximate surface area is 117 Å². The number of carbonyl (C=O) groups excluding carboxylic acids is 1. The summed E-state index contributed by atoms with van der Waals surface area (Å²) in [6.07, 6.45) is 0. The number of aromatic nitrogens is 2. The van der Waals surface area contributed by atoms with E-state index in [1.807, 2.05) is 6.07 Å². The molecule has 1 aromatic carbocycles. The molecule has 1 aromatic heterocycles. The fourth-order valence-electron chi connectivity index (χ4n) is 2.11. The summed E-state index contributed by atoms with van der Waals surface area (Å²) >= 11 is 0. The molecule has 0 fully saturated rings. The molecule has 2 rings (SSSR count). The number of nitrogens with zero attached hydrogens (tertiary/aromatic N) is 3. The second-order valence-electron chi connectivity index (χ2n) is 4.80. The second kappa shape index (κ2) is 5.24. The van der Waals surface area contributed by atoms with E-state index in [1.54, 1.807) is 44.1 Å². The first kappa shape index (κ1) is 13.9.